The third kappa shape index (κ3) is 3.24. The summed E-state index contributed by atoms with van der Waals surface area (Å²) in [5, 5.41) is 13.7. The Balaban J connectivity index is 1.99. The van der Waals surface area contributed by atoms with Gasteiger partial charge in [0.15, 0.2) is 0 Å². The molecule has 1 unspecified atom stereocenters. The Morgan fingerprint density at radius 1 is 1.33 bits per heavy atom. The van der Waals surface area contributed by atoms with Gasteiger partial charge in [0, 0.05) is 6.04 Å². The predicted molar refractivity (Wildman–Crippen MR) is 73.1 cm³/mol. The van der Waals surface area contributed by atoms with Crippen LogP contribution in [0.2, 0.25) is 0 Å². The van der Waals surface area contributed by atoms with E-state index < -0.39 is 0 Å². The van der Waals surface area contributed by atoms with Crippen molar-refractivity contribution < 1.29 is 9.84 Å². The van der Waals surface area contributed by atoms with Crippen molar-refractivity contribution in [2.45, 2.75) is 45.3 Å². The van der Waals surface area contributed by atoms with Gasteiger partial charge in [0.05, 0.1) is 13.2 Å². The number of rotatable bonds is 6. The molecule has 0 aliphatic heterocycles. The number of aryl methyl sites for hydroxylation is 2. The molecule has 1 fully saturated rings. The summed E-state index contributed by atoms with van der Waals surface area (Å²) in [5.41, 5.74) is 3.19. The lowest BCUT2D eigenvalue weighted by atomic mass is 9.98. The number of ether oxygens (including phenoxy) is 1. The van der Waals surface area contributed by atoms with Gasteiger partial charge in [-0.15, -0.1) is 0 Å². The number of hydrogen-bond acceptors (Lipinski definition) is 3. The summed E-state index contributed by atoms with van der Waals surface area (Å²) in [6.07, 6.45) is 2.96. The van der Waals surface area contributed by atoms with Crippen LogP contribution in [0, 0.1) is 13.8 Å². The van der Waals surface area contributed by atoms with Crippen molar-refractivity contribution in [3.8, 4) is 5.75 Å². The number of aliphatic hydroxyl groups excluding tert-OH is 1. The summed E-state index contributed by atoms with van der Waals surface area (Å²) in [4.78, 5) is 0. The Hall–Kier alpha value is -1.06. The molecule has 3 nitrogen and oxygen atoms in total. The van der Waals surface area contributed by atoms with Crippen LogP contribution in [-0.4, -0.2) is 24.8 Å². The van der Waals surface area contributed by atoms with E-state index in [9.17, 15) is 5.11 Å². The largest absolute Gasteiger partial charge is 0.496 e. The van der Waals surface area contributed by atoms with Gasteiger partial charge in [-0.25, -0.2) is 0 Å². The highest BCUT2D eigenvalue weighted by atomic mass is 16.5. The van der Waals surface area contributed by atoms with Gasteiger partial charge >= 0.3 is 0 Å². The molecular weight excluding hydrogens is 226 g/mol. The van der Waals surface area contributed by atoms with Crippen molar-refractivity contribution in [2.24, 2.45) is 0 Å². The first-order chi connectivity index (χ1) is 8.61. The molecule has 2 N–H and O–H groups in total. The average Bonchev–Trinajstić information content (AvgIpc) is 3.15. The van der Waals surface area contributed by atoms with Gasteiger partial charge in [0.1, 0.15) is 5.75 Å². The molecule has 100 valence electrons. The minimum atomic E-state index is -0.388. The second kappa shape index (κ2) is 5.72. The Morgan fingerprint density at radius 3 is 2.67 bits per heavy atom. The predicted octanol–water partition coefficient (Wildman–Crippen LogP) is 2.49. The van der Waals surface area contributed by atoms with Gasteiger partial charge < -0.3 is 15.2 Å². The fraction of sp³-hybridized carbons (Fsp3) is 0.600. The monoisotopic (exact) mass is 249 g/mol. The van der Waals surface area contributed by atoms with Crippen LogP contribution in [-0.2, 0) is 0 Å². The Bertz CT molecular complexity index is 413. The Labute approximate surface area is 109 Å². The lowest BCUT2D eigenvalue weighted by molar-refractivity contribution is 0.166. The molecule has 18 heavy (non-hydrogen) atoms. The third-order valence-electron chi connectivity index (χ3n) is 3.57. The second-order valence-electron chi connectivity index (χ2n) is 5.21. The van der Waals surface area contributed by atoms with Crippen LogP contribution in [0.25, 0.3) is 0 Å². The summed E-state index contributed by atoms with van der Waals surface area (Å²) < 4.78 is 5.29. The maximum atomic E-state index is 10.2. The van der Waals surface area contributed by atoms with Crippen LogP contribution < -0.4 is 10.1 Å². The number of aliphatic hydroxyl groups is 1. The van der Waals surface area contributed by atoms with Crippen molar-refractivity contribution in [1.82, 2.24) is 5.32 Å². The lowest BCUT2D eigenvalue weighted by Gasteiger charge is -2.16. The van der Waals surface area contributed by atoms with Crippen molar-refractivity contribution in [1.29, 1.82) is 0 Å². The summed E-state index contributed by atoms with van der Waals surface area (Å²) in [7, 11) is 1.68. The van der Waals surface area contributed by atoms with Crippen LogP contribution in [0.4, 0.5) is 0 Å². The molecule has 3 heteroatoms. The van der Waals surface area contributed by atoms with Crippen molar-refractivity contribution in [3.63, 3.8) is 0 Å². The topological polar surface area (TPSA) is 41.5 Å². The molecule has 1 atom stereocenters. The van der Waals surface area contributed by atoms with E-state index in [-0.39, 0.29) is 6.10 Å². The number of methoxy groups -OCH3 is 1. The first-order valence-electron chi connectivity index (χ1n) is 6.68. The first-order valence-corrected chi connectivity index (χ1v) is 6.68. The average molecular weight is 249 g/mol. The molecule has 0 radical (unpaired) electrons. The molecule has 1 aliphatic carbocycles. The van der Waals surface area contributed by atoms with Crippen LogP contribution in [0.5, 0.6) is 5.75 Å². The molecule has 0 aromatic heterocycles. The fourth-order valence-corrected chi connectivity index (χ4v) is 2.26. The van der Waals surface area contributed by atoms with Crippen LogP contribution in [0.15, 0.2) is 12.1 Å². The van der Waals surface area contributed by atoms with Gasteiger partial charge in [-0.1, -0.05) is 0 Å². The van der Waals surface area contributed by atoms with Crippen molar-refractivity contribution >= 4 is 0 Å². The Kier molecular flexibility index (Phi) is 4.25. The van der Waals surface area contributed by atoms with Crippen molar-refractivity contribution in [3.05, 3.63) is 28.8 Å². The minimum Gasteiger partial charge on any atom is -0.496 e. The molecule has 1 aromatic carbocycles. The summed E-state index contributed by atoms with van der Waals surface area (Å²) in [5.74, 6) is 0.888. The molecule has 1 aromatic rings. The highest BCUT2D eigenvalue weighted by molar-refractivity contribution is 5.42. The number of benzene rings is 1. The zero-order valence-corrected chi connectivity index (χ0v) is 11.5. The van der Waals surface area contributed by atoms with E-state index in [1.54, 1.807) is 7.11 Å². The number of hydrogen-bond donors (Lipinski definition) is 2. The van der Waals surface area contributed by atoms with Crippen LogP contribution >= 0.6 is 0 Å². The smallest absolute Gasteiger partial charge is 0.122 e. The van der Waals surface area contributed by atoms with Crippen molar-refractivity contribution in [2.75, 3.05) is 13.7 Å². The molecule has 1 aliphatic rings. The molecule has 0 bridgehead atoms. The fourth-order valence-electron chi connectivity index (χ4n) is 2.26. The van der Waals surface area contributed by atoms with Crippen LogP contribution in [0.1, 0.15) is 42.1 Å². The standard InChI is InChI=1S/C15H23NO2/c1-10-9-15(18-3)11(2)8-13(10)14(17)6-7-16-12-4-5-12/h8-9,12,14,16-17H,4-7H2,1-3H3. The number of nitrogens with one attached hydrogen (secondary N) is 1. The van der Waals surface area contributed by atoms with Gasteiger partial charge in [-0.05, 0) is 68.5 Å². The van der Waals surface area contributed by atoms with Gasteiger partial charge in [0.25, 0.3) is 0 Å². The normalized spacial score (nSPS) is 16.7. The summed E-state index contributed by atoms with van der Waals surface area (Å²) in [6, 6.07) is 4.74. The molecule has 2 rings (SSSR count). The van der Waals surface area contributed by atoms with E-state index in [4.69, 9.17) is 4.74 Å². The van der Waals surface area contributed by atoms with Crippen LogP contribution in [0.3, 0.4) is 0 Å². The molecule has 1 saturated carbocycles. The molecule has 0 spiro atoms. The van der Waals surface area contributed by atoms with E-state index in [0.29, 0.717) is 6.04 Å². The third-order valence-corrected chi connectivity index (χ3v) is 3.57. The second-order valence-corrected chi connectivity index (χ2v) is 5.21. The van der Waals surface area contributed by atoms with E-state index in [1.165, 1.54) is 12.8 Å². The lowest BCUT2D eigenvalue weighted by Crippen LogP contribution is -2.19. The SMILES string of the molecule is COc1cc(C)c(C(O)CCNC2CC2)cc1C. The van der Waals surface area contributed by atoms with Gasteiger partial charge in [0.2, 0.25) is 0 Å². The van der Waals surface area contributed by atoms with Gasteiger partial charge in [-0.3, -0.25) is 0 Å². The van der Waals surface area contributed by atoms with E-state index in [0.717, 1.165) is 35.4 Å². The summed E-state index contributed by atoms with van der Waals surface area (Å²) in [6.45, 7) is 4.92. The summed E-state index contributed by atoms with van der Waals surface area (Å²) >= 11 is 0. The van der Waals surface area contributed by atoms with E-state index >= 15 is 0 Å². The first kappa shape index (κ1) is 13.4. The maximum absolute atomic E-state index is 10.2. The highest BCUT2D eigenvalue weighted by Crippen LogP contribution is 2.28. The molecular formula is C15H23NO2. The quantitative estimate of drug-likeness (QED) is 0.814. The van der Waals surface area contributed by atoms with E-state index in [2.05, 4.69) is 5.32 Å². The zero-order valence-electron chi connectivity index (χ0n) is 11.5. The zero-order chi connectivity index (χ0) is 13.1. The maximum Gasteiger partial charge on any atom is 0.122 e. The minimum absolute atomic E-state index is 0.388. The van der Waals surface area contributed by atoms with Gasteiger partial charge in [-0.2, -0.15) is 0 Å². The molecule has 0 amide bonds. The molecule has 0 heterocycles. The van der Waals surface area contributed by atoms with E-state index in [1.807, 2.05) is 26.0 Å². The Morgan fingerprint density at radius 2 is 2.06 bits per heavy atom. The molecule has 0 saturated heterocycles. The highest BCUT2D eigenvalue weighted by Gasteiger charge is 2.20.